The number of hydrogen-bond donors (Lipinski definition) is 3. The van der Waals surface area contributed by atoms with Crippen LogP contribution in [0.2, 0.25) is 0 Å². The summed E-state index contributed by atoms with van der Waals surface area (Å²) in [7, 11) is 0. The third-order valence-corrected chi connectivity index (χ3v) is 7.52. The number of nitrogens with one attached hydrogen (secondary N) is 3. The molecule has 1 saturated carbocycles. The molecule has 5 rings (SSSR count). The highest BCUT2D eigenvalue weighted by molar-refractivity contribution is 6.05. The summed E-state index contributed by atoms with van der Waals surface area (Å²) in [6, 6.07) is 5.27. The van der Waals surface area contributed by atoms with Crippen LogP contribution in [0.1, 0.15) is 53.6 Å². The SMILES string of the molecule is O=C1CCC(N2Cc3c(CNCCC45CCC4CNC5)cccc3C2=O)C(=O)N1. The summed E-state index contributed by atoms with van der Waals surface area (Å²) in [5.41, 5.74) is 3.32. The highest BCUT2D eigenvalue weighted by atomic mass is 16.2. The Hall–Kier alpha value is -2.25. The van der Waals surface area contributed by atoms with Gasteiger partial charge in [0.05, 0.1) is 0 Å². The predicted molar refractivity (Wildman–Crippen MR) is 107 cm³/mol. The molecule has 1 aromatic carbocycles. The molecule has 0 aromatic heterocycles. The van der Waals surface area contributed by atoms with Crippen LogP contribution in [0, 0.1) is 11.3 Å². The van der Waals surface area contributed by atoms with Crippen LogP contribution in [0.15, 0.2) is 18.2 Å². The molecule has 0 bridgehead atoms. The van der Waals surface area contributed by atoms with Gasteiger partial charge in [-0.1, -0.05) is 12.1 Å². The molecule has 3 fully saturated rings. The number of amides is 3. The van der Waals surface area contributed by atoms with Gasteiger partial charge in [0.15, 0.2) is 0 Å². The molecule has 154 valence electrons. The third-order valence-electron chi connectivity index (χ3n) is 7.52. The number of carbonyl (C=O) groups is 3. The summed E-state index contributed by atoms with van der Waals surface area (Å²) >= 11 is 0. The lowest BCUT2D eigenvalue weighted by Gasteiger charge is -2.44. The van der Waals surface area contributed by atoms with Gasteiger partial charge in [0.2, 0.25) is 11.8 Å². The molecule has 3 N–H and O–H groups in total. The number of benzene rings is 1. The number of fused-ring (bicyclic) bond motifs is 2. The monoisotopic (exact) mass is 396 g/mol. The van der Waals surface area contributed by atoms with E-state index in [2.05, 4.69) is 22.0 Å². The average Bonchev–Trinajstić information content (AvgIpc) is 3.17. The molecule has 1 aromatic rings. The summed E-state index contributed by atoms with van der Waals surface area (Å²) in [5.74, 6) is 0.127. The van der Waals surface area contributed by atoms with E-state index in [0.29, 0.717) is 23.9 Å². The van der Waals surface area contributed by atoms with Gasteiger partial charge in [-0.3, -0.25) is 19.7 Å². The normalized spacial score (nSPS) is 30.8. The second kappa shape index (κ2) is 7.22. The van der Waals surface area contributed by atoms with Crippen LogP contribution in [-0.2, 0) is 22.7 Å². The highest BCUT2D eigenvalue weighted by Gasteiger charge is 2.49. The van der Waals surface area contributed by atoms with E-state index >= 15 is 0 Å². The molecule has 3 atom stereocenters. The molecule has 1 aliphatic carbocycles. The fourth-order valence-corrected chi connectivity index (χ4v) is 5.60. The zero-order valence-corrected chi connectivity index (χ0v) is 16.6. The summed E-state index contributed by atoms with van der Waals surface area (Å²) < 4.78 is 0. The summed E-state index contributed by atoms with van der Waals surface area (Å²) in [6.45, 7) is 4.47. The van der Waals surface area contributed by atoms with Crippen molar-refractivity contribution >= 4 is 17.7 Å². The van der Waals surface area contributed by atoms with E-state index in [0.717, 1.165) is 36.7 Å². The minimum atomic E-state index is -0.557. The molecule has 0 spiro atoms. The zero-order valence-electron chi connectivity index (χ0n) is 16.6. The Balaban J connectivity index is 1.22. The summed E-state index contributed by atoms with van der Waals surface area (Å²) in [6.07, 6.45) is 4.57. The van der Waals surface area contributed by atoms with Gasteiger partial charge in [-0.25, -0.2) is 0 Å². The van der Waals surface area contributed by atoms with Gasteiger partial charge in [0.1, 0.15) is 6.04 Å². The number of rotatable bonds is 6. The van der Waals surface area contributed by atoms with Crippen molar-refractivity contribution < 1.29 is 14.4 Å². The quantitative estimate of drug-likeness (QED) is 0.492. The van der Waals surface area contributed by atoms with Crippen LogP contribution in [0.3, 0.4) is 0 Å². The standard InChI is InChI=1S/C22H28N4O3/c27-19-5-4-18(20(28)25-19)26-12-17-14(2-1-3-16(17)21(26)29)10-23-9-8-22-7-6-15(22)11-24-13-22/h1-3,15,18,23-24H,4-13H2,(H,25,27,28). The lowest BCUT2D eigenvalue weighted by molar-refractivity contribution is -0.136. The van der Waals surface area contributed by atoms with Gasteiger partial charge >= 0.3 is 0 Å². The molecule has 3 heterocycles. The molecule has 0 radical (unpaired) electrons. The Morgan fingerprint density at radius 1 is 1.21 bits per heavy atom. The van der Waals surface area contributed by atoms with Crippen molar-refractivity contribution in [1.29, 1.82) is 0 Å². The lowest BCUT2D eigenvalue weighted by Crippen LogP contribution is -2.52. The van der Waals surface area contributed by atoms with E-state index < -0.39 is 6.04 Å². The van der Waals surface area contributed by atoms with Crippen molar-refractivity contribution in [1.82, 2.24) is 20.9 Å². The van der Waals surface area contributed by atoms with Crippen LogP contribution < -0.4 is 16.0 Å². The van der Waals surface area contributed by atoms with E-state index in [1.807, 2.05) is 12.1 Å². The van der Waals surface area contributed by atoms with Crippen molar-refractivity contribution in [3.05, 3.63) is 34.9 Å². The molecule has 4 aliphatic rings. The van der Waals surface area contributed by atoms with Crippen molar-refractivity contribution in [3.8, 4) is 0 Å². The topological polar surface area (TPSA) is 90.5 Å². The second-order valence-corrected chi connectivity index (χ2v) is 9.00. The third kappa shape index (κ3) is 3.16. The predicted octanol–water partition coefficient (Wildman–Crippen LogP) is 0.927. The molecular weight excluding hydrogens is 368 g/mol. The molecule has 29 heavy (non-hydrogen) atoms. The van der Waals surface area contributed by atoms with Crippen LogP contribution in [0.5, 0.6) is 0 Å². The second-order valence-electron chi connectivity index (χ2n) is 9.00. The minimum absolute atomic E-state index is 0.107. The first kappa shape index (κ1) is 18.8. The van der Waals surface area contributed by atoms with Crippen molar-refractivity contribution in [2.75, 3.05) is 19.6 Å². The van der Waals surface area contributed by atoms with Crippen molar-refractivity contribution in [3.63, 3.8) is 0 Å². The van der Waals surface area contributed by atoms with Gasteiger partial charge in [-0.05, 0) is 67.3 Å². The van der Waals surface area contributed by atoms with E-state index in [9.17, 15) is 14.4 Å². The summed E-state index contributed by atoms with van der Waals surface area (Å²) in [4.78, 5) is 38.2. The first-order valence-corrected chi connectivity index (χ1v) is 10.7. The Labute approximate surface area is 170 Å². The number of carbonyl (C=O) groups excluding carboxylic acids is 3. The number of hydrogen-bond acceptors (Lipinski definition) is 5. The largest absolute Gasteiger partial charge is 0.322 e. The first-order chi connectivity index (χ1) is 14.1. The Kier molecular flexibility index (Phi) is 4.67. The van der Waals surface area contributed by atoms with Gasteiger partial charge < -0.3 is 15.5 Å². The fourth-order valence-electron chi connectivity index (χ4n) is 5.60. The summed E-state index contributed by atoms with van der Waals surface area (Å²) in [5, 5.41) is 9.48. The number of imide groups is 1. The molecule has 3 unspecified atom stereocenters. The molecule has 7 heteroatoms. The minimum Gasteiger partial charge on any atom is -0.322 e. The van der Waals surface area contributed by atoms with Crippen LogP contribution in [-0.4, -0.2) is 48.3 Å². The van der Waals surface area contributed by atoms with E-state index in [4.69, 9.17) is 0 Å². The van der Waals surface area contributed by atoms with Crippen molar-refractivity contribution in [2.24, 2.45) is 11.3 Å². The first-order valence-electron chi connectivity index (χ1n) is 10.7. The Morgan fingerprint density at radius 3 is 2.86 bits per heavy atom. The number of nitrogens with zero attached hydrogens (tertiary/aromatic N) is 1. The fraction of sp³-hybridized carbons (Fsp3) is 0.591. The van der Waals surface area contributed by atoms with Gasteiger partial charge in [0, 0.05) is 31.6 Å². The molecule has 2 saturated heterocycles. The smallest absolute Gasteiger partial charge is 0.255 e. The van der Waals surface area contributed by atoms with Crippen molar-refractivity contribution in [2.45, 2.75) is 51.2 Å². The Morgan fingerprint density at radius 2 is 2.10 bits per heavy atom. The van der Waals surface area contributed by atoms with Crippen LogP contribution in [0.25, 0.3) is 0 Å². The van der Waals surface area contributed by atoms with Gasteiger partial charge in [-0.2, -0.15) is 0 Å². The van der Waals surface area contributed by atoms with E-state index in [1.165, 1.54) is 25.8 Å². The van der Waals surface area contributed by atoms with E-state index in [-0.39, 0.29) is 24.1 Å². The van der Waals surface area contributed by atoms with Gasteiger partial charge in [-0.15, -0.1) is 0 Å². The van der Waals surface area contributed by atoms with Gasteiger partial charge in [0.25, 0.3) is 5.91 Å². The zero-order chi connectivity index (χ0) is 20.0. The molecular formula is C22H28N4O3. The Bertz CT molecular complexity index is 870. The average molecular weight is 396 g/mol. The van der Waals surface area contributed by atoms with E-state index in [1.54, 1.807) is 4.90 Å². The maximum atomic E-state index is 12.9. The number of piperidine rings is 1. The maximum absolute atomic E-state index is 12.9. The highest BCUT2D eigenvalue weighted by Crippen LogP contribution is 2.51. The molecule has 7 nitrogen and oxygen atoms in total. The lowest BCUT2D eigenvalue weighted by atomic mass is 9.60. The van der Waals surface area contributed by atoms with Crippen LogP contribution in [0.4, 0.5) is 0 Å². The molecule has 3 amide bonds. The van der Waals surface area contributed by atoms with Crippen LogP contribution >= 0.6 is 0 Å². The maximum Gasteiger partial charge on any atom is 0.255 e. The molecule has 3 aliphatic heterocycles.